The highest BCUT2D eigenvalue weighted by Crippen LogP contribution is 2.59. The van der Waals surface area contributed by atoms with Crippen molar-refractivity contribution in [2.24, 2.45) is 17.4 Å². The molecule has 3 unspecified atom stereocenters. The first-order valence-electron chi connectivity index (χ1n) is 12.2. The zero-order valence-corrected chi connectivity index (χ0v) is 22.8. The molecule has 212 valence electrons. The Morgan fingerprint density at radius 2 is 1.90 bits per heavy atom. The van der Waals surface area contributed by atoms with E-state index in [1.54, 1.807) is 9.80 Å². The highest BCUT2D eigenvalue weighted by molar-refractivity contribution is 7.99. The zero-order chi connectivity index (χ0) is 28.8. The normalized spacial score (nSPS) is 27.6. The molecule has 0 spiro atoms. The molecule has 3 heterocycles. The second-order valence-electron chi connectivity index (χ2n) is 9.62. The lowest BCUT2D eigenvalue weighted by molar-refractivity contribution is -0.153. The maximum absolute atomic E-state index is 13.2. The first-order chi connectivity index (χ1) is 18.4. The van der Waals surface area contributed by atoms with Gasteiger partial charge in [-0.05, 0) is 6.92 Å². The number of nitrogens with zero attached hydrogens (tertiary/aromatic N) is 2. The number of methoxy groups -OCH3 is 2. The van der Waals surface area contributed by atoms with Gasteiger partial charge in [0, 0.05) is 49.7 Å². The van der Waals surface area contributed by atoms with Crippen molar-refractivity contribution in [3.8, 4) is 0 Å². The summed E-state index contributed by atoms with van der Waals surface area (Å²) in [6.45, 7) is 2.66. The summed E-state index contributed by atoms with van der Waals surface area (Å²) >= 11 is 1.31. The summed E-state index contributed by atoms with van der Waals surface area (Å²) < 4.78 is 15.8. The molecule has 15 heteroatoms. The molecule has 3 amide bonds. The fraction of sp³-hybridized carbons (Fsp3) is 0.583. The molecule has 0 aromatic rings. The molecule has 0 bridgehead atoms. The number of hydrogen-bond donors (Lipinski definition) is 3. The quantitative estimate of drug-likeness (QED) is 0.119. The molecule has 0 aromatic heterocycles. The van der Waals surface area contributed by atoms with Crippen LogP contribution < -0.4 is 16.8 Å². The number of fused-ring (bicyclic) bond motifs is 4. The number of hydrogen-bond acceptors (Lipinski definition) is 12. The van der Waals surface area contributed by atoms with Gasteiger partial charge in [0.1, 0.15) is 18.7 Å². The summed E-state index contributed by atoms with van der Waals surface area (Å²) in [5, 5.41) is 2.52. The number of piperazine rings is 1. The number of rotatable bonds is 10. The van der Waals surface area contributed by atoms with Crippen LogP contribution in [-0.4, -0.2) is 108 Å². The summed E-state index contributed by atoms with van der Waals surface area (Å²) in [4.78, 5) is 77.7. The minimum absolute atomic E-state index is 0.0892. The van der Waals surface area contributed by atoms with Gasteiger partial charge in [0.05, 0.1) is 30.5 Å². The first-order valence-corrected chi connectivity index (χ1v) is 13.4. The van der Waals surface area contributed by atoms with Crippen LogP contribution in [0.4, 0.5) is 4.79 Å². The Labute approximate surface area is 228 Å². The van der Waals surface area contributed by atoms with Crippen molar-refractivity contribution < 1.29 is 43.0 Å². The summed E-state index contributed by atoms with van der Waals surface area (Å²) in [5.74, 6) is -2.42. The Balaban J connectivity index is 1.49. The number of carbonyl (C=O) groups excluding carboxylic acids is 6. The third-order valence-electron chi connectivity index (χ3n) is 7.58. The van der Waals surface area contributed by atoms with E-state index in [1.165, 1.54) is 39.8 Å². The molecule has 1 aliphatic carbocycles. The van der Waals surface area contributed by atoms with Gasteiger partial charge in [-0.1, -0.05) is 0 Å². The van der Waals surface area contributed by atoms with E-state index in [4.69, 9.17) is 25.7 Å². The summed E-state index contributed by atoms with van der Waals surface area (Å²) in [6, 6.07) is -1.64. The fourth-order valence-electron chi connectivity index (χ4n) is 5.86. The van der Waals surface area contributed by atoms with Crippen LogP contribution in [0.5, 0.6) is 0 Å². The minimum atomic E-state index is -1.33. The van der Waals surface area contributed by atoms with E-state index in [9.17, 15) is 28.8 Å². The standard InChI is InChI=1S/C24H31N5O9S/c1-10-17(25)20(33)16-12(8-38-23(26)35)24(37-4)21-14(7-28(24)18(16)19(10)32)29(21)15(31)5-6-39-9-13(22(34)36-3)27-11(2)30/h12-14,21H,5-9,25H2,1-4H3,(H2,26,35)(H,27,30)/t12-,13?,14?,21?,24-,29?/m1/s1. The monoisotopic (exact) mass is 565 g/mol. The van der Waals surface area contributed by atoms with Crippen molar-refractivity contribution in [1.29, 1.82) is 0 Å². The third-order valence-corrected chi connectivity index (χ3v) is 8.65. The third kappa shape index (κ3) is 4.52. The highest BCUT2D eigenvalue weighted by atomic mass is 32.2. The topological polar surface area (TPSA) is 200 Å². The van der Waals surface area contributed by atoms with Crippen molar-refractivity contribution in [3.05, 3.63) is 22.5 Å². The SMILES string of the molecule is COC(=O)C(CSCCC(=O)N1C2CN3C4=C(C(=O)C(N)=C(C)C4=O)[C@@H](COC(N)=O)[C@@]3(OC)C21)NC(C)=O. The van der Waals surface area contributed by atoms with Crippen LogP contribution >= 0.6 is 11.8 Å². The number of primary amides is 1. The molecule has 14 nitrogen and oxygen atoms in total. The smallest absolute Gasteiger partial charge is 0.404 e. The lowest BCUT2D eigenvalue weighted by Crippen LogP contribution is -2.56. The molecule has 4 rings (SSSR count). The van der Waals surface area contributed by atoms with Crippen LogP contribution in [-0.2, 0) is 38.2 Å². The van der Waals surface area contributed by atoms with Crippen LogP contribution in [0.25, 0.3) is 0 Å². The van der Waals surface area contributed by atoms with Crippen LogP contribution in [0.1, 0.15) is 20.3 Å². The van der Waals surface area contributed by atoms with Crippen LogP contribution in [0.15, 0.2) is 22.5 Å². The number of amides is 3. The molecule has 0 saturated carbocycles. The molecule has 39 heavy (non-hydrogen) atoms. The van der Waals surface area contributed by atoms with Gasteiger partial charge < -0.3 is 40.8 Å². The Hall–Kier alpha value is -3.59. The largest absolute Gasteiger partial charge is 0.467 e. The van der Waals surface area contributed by atoms with Crippen molar-refractivity contribution >= 4 is 47.2 Å². The van der Waals surface area contributed by atoms with Crippen LogP contribution in [0.2, 0.25) is 0 Å². The Morgan fingerprint density at radius 3 is 2.49 bits per heavy atom. The van der Waals surface area contributed by atoms with Crippen molar-refractivity contribution in [2.75, 3.05) is 38.9 Å². The number of ketones is 2. The van der Waals surface area contributed by atoms with Gasteiger partial charge >= 0.3 is 12.1 Å². The van der Waals surface area contributed by atoms with E-state index in [1.807, 2.05) is 0 Å². The Morgan fingerprint density at radius 1 is 1.21 bits per heavy atom. The molecule has 4 aliphatic rings. The van der Waals surface area contributed by atoms with E-state index >= 15 is 0 Å². The number of allylic oxidation sites excluding steroid dienone is 2. The van der Waals surface area contributed by atoms with Crippen molar-refractivity contribution in [1.82, 2.24) is 15.1 Å². The molecule has 3 aliphatic heterocycles. The number of Topliss-reactive ketones (excluding diaryl/α,β-unsaturated/α-hetero) is 2. The fourth-order valence-corrected chi connectivity index (χ4v) is 6.80. The molecule has 0 aromatic carbocycles. The van der Waals surface area contributed by atoms with E-state index in [0.29, 0.717) is 5.75 Å². The summed E-state index contributed by atoms with van der Waals surface area (Å²) in [5.41, 5.74) is 9.99. The summed E-state index contributed by atoms with van der Waals surface area (Å²) in [6.07, 6.45) is -0.928. The number of nitrogens with two attached hydrogens (primary N) is 2. The number of thioether (sulfide) groups is 1. The number of ether oxygens (including phenoxy) is 3. The molecule has 5 N–H and O–H groups in total. The van der Waals surface area contributed by atoms with E-state index in [-0.39, 0.29) is 65.7 Å². The average Bonchev–Trinajstić information content (AvgIpc) is 3.40. The number of carbonyl (C=O) groups is 6. The lowest BCUT2D eigenvalue weighted by Gasteiger charge is -2.41. The number of esters is 1. The van der Waals surface area contributed by atoms with Gasteiger partial charge in [-0.2, -0.15) is 11.8 Å². The van der Waals surface area contributed by atoms with Gasteiger partial charge in [-0.3, -0.25) is 19.2 Å². The van der Waals surface area contributed by atoms with Crippen molar-refractivity contribution in [2.45, 2.75) is 44.1 Å². The lowest BCUT2D eigenvalue weighted by atomic mass is 9.82. The zero-order valence-electron chi connectivity index (χ0n) is 22.0. The van der Waals surface area contributed by atoms with E-state index < -0.39 is 47.4 Å². The second-order valence-corrected chi connectivity index (χ2v) is 10.8. The van der Waals surface area contributed by atoms with Crippen molar-refractivity contribution in [3.63, 3.8) is 0 Å². The maximum Gasteiger partial charge on any atom is 0.404 e. The Bertz CT molecular complexity index is 1220. The summed E-state index contributed by atoms with van der Waals surface area (Å²) in [7, 11) is 2.64. The molecule has 5 atom stereocenters. The molecule has 2 saturated heterocycles. The molecule has 2 fully saturated rings. The van der Waals surface area contributed by atoms with Gasteiger partial charge in [0.25, 0.3) is 0 Å². The van der Waals surface area contributed by atoms with Crippen LogP contribution in [0.3, 0.4) is 0 Å². The molecular weight excluding hydrogens is 534 g/mol. The highest BCUT2D eigenvalue weighted by Gasteiger charge is 2.77. The van der Waals surface area contributed by atoms with Gasteiger partial charge in [-0.15, -0.1) is 0 Å². The van der Waals surface area contributed by atoms with Gasteiger partial charge in [0.15, 0.2) is 5.72 Å². The molecule has 0 radical (unpaired) electrons. The second kappa shape index (κ2) is 10.5. The minimum Gasteiger partial charge on any atom is -0.467 e. The average molecular weight is 566 g/mol. The Kier molecular flexibility index (Phi) is 7.67. The van der Waals surface area contributed by atoms with E-state index in [2.05, 4.69) is 5.32 Å². The molecular formula is C24H31N5O9S. The van der Waals surface area contributed by atoms with Gasteiger partial charge in [0.2, 0.25) is 23.4 Å². The number of nitrogens with one attached hydrogen (secondary N) is 1. The first kappa shape index (κ1) is 28.4. The van der Waals surface area contributed by atoms with Gasteiger partial charge in [-0.25, -0.2) is 9.59 Å². The predicted molar refractivity (Wildman–Crippen MR) is 135 cm³/mol. The van der Waals surface area contributed by atoms with E-state index in [0.717, 1.165) is 0 Å². The van der Waals surface area contributed by atoms with Crippen LogP contribution in [0, 0.1) is 5.92 Å². The predicted octanol–water partition coefficient (Wildman–Crippen LogP) is -1.61. The maximum atomic E-state index is 13.2.